The van der Waals surface area contributed by atoms with Gasteiger partial charge in [0, 0.05) is 10.9 Å². The molecule has 1 aliphatic rings. The highest BCUT2D eigenvalue weighted by molar-refractivity contribution is 6.10. The van der Waals surface area contributed by atoms with Crippen molar-refractivity contribution in [3.63, 3.8) is 0 Å². The first-order valence-electron chi connectivity index (χ1n) is 8.42. The van der Waals surface area contributed by atoms with Crippen LogP contribution < -0.4 is 10.2 Å². The molecule has 0 unspecified atom stereocenters. The third-order valence-electron chi connectivity index (χ3n) is 4.89. The summed E-state index contributed by atoms with van der Waals surface area (Å²) in [5.74, 6) is 0.802. The lowest BCUT2D eigenvalue weighted by Crippen LogP contribution is -2.27. The third kappa shape index (κ3) is 2.02. The first kappa shape index (κ1) is 14.3. The largest absolute Gasteiger partial charge is 0.483 e. The summed E-state index contributed by atoms with van der Waals surface area (Å²) in [7, 11) is 0. The van der Waals surface area contributed by atoms with Gasteiger partial charge in [0.15, 0.2) is 5.43 Å². The molecular weight excluding hydrogens is 310 g/mol. The molecule has 122 valence electrons. The van der Waals surface area contributed by atoms with Gasteiger partial charge in [-0.2, -0.15) is 0 Å². The van der Waals surface area contributed by atoms with Crippen molar-refractivity contribution in [2.75, 3.05) is 0 Å². The molecule has 5 rings (SSSR count). The minimum Gasteiger partial charge on any atom is -0.483 e. The number of hydrogen-bond donors (Lipinski definition) is 1. The van der Waals surface area contributed by atoms with Crippen molar-refractivity contribution >= 4 is 38.7 Å². The number of hydrogen-bond acceptors (Lipinski definition) is 2. The molecule has 3 aromatic carbocycles. The van der Waals surface area contributed by atoms with E-state index in [1.165, 1.54) is 0 Å². The van der Waals surface area contributed by atoms with Crippen LogP contribution in [-0.4, -0.2) is 10.6 Å². The summed E-state index contributed by atoms with van der Waals surface area (Å²) < 4.78 is 6.04. The molecule has 1 aromatic heterocycles. The van der Waals surface area contributed by atoms with Crippen molar-refractivity contribution in [1.29, 1.82) is 0 Å². The normalized spacial score (nSPS) is 15.4. The van der Waals surface area contributed by atoms with Gasteiger partial charge in [0.25, 0.3) is 0 Å². The molecule has 0 aliphatic carbocycles. The van der Waals surface area contributed by atoms with Crippen molar-refractivity contribution in [1.82, 2.24) is 4.98 Å². The zero-order chi connectivity index (χ0) is 17.2. The zero-order valence-electron chi connectivity index (χ0n) is 14.1. The summed E-state index contributed by atoms with van der Waals surface area (Å²) in [5, 5.41) is 3.48. The molecule has 3 heteroatoms. The Labute approximate surface area is 144 Å². The van der Waals surface area contributed by atoms with Crippen molar-refractivity contribution in [2.45, 2.75) is 19.4 Å². The van der Waals surface area contributed by atoms with Crippen molar-refractivity contribution in [3.8, 4) is 5.75 Å². The second-order valence-corrected chi connectivity index (χ2v) is 7.10. The van der Waals surface area contributed by atoms with Crippen LogP contribution in [0.4, 0.5) is 0 Å². The Morgan fingerprint density at radius 3 is 2.68 bits per heavy atom. The third-order valence-corrected chi connectivity index (χ3v) is 4.89. The monoisotopic (exact) mass is 327 g/mol. The van der Waals surface area contributed by atoms with Gasteiger partial charge in [0.1, 0.15) is 11.4 Å². The van der Waals surface area contributed by atoms with Gasteiger partial charge in [-0.05, 0) is 55.0 Å². The van der Waals surface area contributed by atoms with Gasteiger partial charge in [0.2, 0.25) is 0 Å². The van der Waals surface area contributed by atoms with E-state index in [1.807, 2.05) is 74.5 Å². The van der Waals surface area contributed by atoms with Crippen LogP contribution in [0.15, 0.2) is 59.4 Å². The van der Waals surface area contributed by atoms with E-state index < -0.39 is 0 Å². The van der Waals surface area contributed by atoms with Crippen LogP contribution in [0.25, 0.3) is 38.7 Å². The number of H-pyrrole nitrogens is 1. The Morgan fingerprint density at radius 2 is 1.80 bits per heavy atom. The van der Waals surface area contributed by atoms with Crippen LogP contribution in [0, 0.1) is 0 Å². The molecule has 1 aliphatic heterocycles. The minimum absolute atomic E-state index is 0.0570. The maximum absolute atomic E-state index is 13.2. The van der Waals surface area contributed by atoms with Crippen molar-refractivity contribution in [3.05, 3.63) is 70.4 Å². The number of nitrogens with one attached hydrogen (secondary N) is 1. The average Bonchev–Trinajstić information content (AvgIpc) is 2.60. The van der Waals surface area contributed by atoms with E-state index in [0.29, 0.717) is 5.39 Å². The summed E-state index contributed by atoms with van der Waals surface area (Å²) in [5.41, 5.74) is 2.33. The maximum Gasteiger partial charge on any atom is 0.197 e. The lowest BCUT2D eigenvalue weighted by molar-refractivity contribution is 0.159. The number of pyridine rings is 1. The highest BCUT2D eigenvalue weighted by Gasteiger charge is 2.23. The second kappa shape index (κ2) is 4.73. The maximum atomic E-state index is 13.2. The fourth-order valence-electron chi connectivity index (χ4n) is 3.67. The topological polar surface area (TPSA) is 42.1 Å². The van der Waals surface area contributed by atoms with E-state index in [9.17, 15) is 4.79 Å². The lowest BCUT2D eigenvalue weighted by atomic mass is 9.98. The zero-order valence-corrected chi connectivity index (χ0v) is 14.1. The van der Waals surface area contributed by atoms with E-state index in [2.05, 4.69) is 4.98 Å². The van der Waals surface area contributed by atoms with E-state index in [0.717, 1.165) is 38.5 Å². The number of aromatic amines is 1. The van der Waals surface area contributed by atoms with Crippen LogP contribution in [0.3, 0.4) is 0 Å². The van der Waals surface area contributed by atoms with Crippen LogP contribution >= 0.6 is 0 Å². The molecule has 2 heterocycles. The quantitative estimate of drug-likeness (QED) is 0.364. The van der Waals surface area contributed by atoms with E-state index in [-0.39, 0.29) is 11.0 Å². The molecule has 0 saturated carbocycles. The summed E-state index contributed by atoms with van der Waals surface area (Å²) in [6.07, 6.45) is 4.07. The highest BCUT2D eigenvalue weighted by atomic mass is 16.5. The molecule has 4 aromatic rings. The lowest BCUT2D eigenvalue weighted by Gasteiger charge is -2.28. The Morgan fingerprint density at radius 1 is 0.960 bits per heavy atom. The summed E-state index contributed by atoms with van der Waals surface area (Å²) in [6, 6.07) is 15.8. The SMILES string of the molecule is CC1(C)C=Cc2c(ccc3c(=O)c4c(ccc5ccccc54)[nH]c23)O1. The Hall–Kier alpha value is -3.07. The Bertz CT molecular complexity index is 1260. The molecule has 0 bridgehead atoms. The summed E-state index contributed by atoms with van der Waals surface area (Å²) >= 11 is 0. The Kier molecular flexibility index (Phi) is 2.70. The smallest absolute Gasteiger partial charge is 0.197 e. The molecule has 0 amide bonds. The molecule has 0 atom stereocenters. The van der Waals surface area contributed by atoms with E-state index >= 15 is 0 Å². The highest BCUT2D eigenvalue weighted by Crippen LogP contribution is 2.35. The van der Waals surface area contributed by atoms with Crippen LogP contribution in [0.1, 0.15) is 19.4 Å². The molecule has 25 heavy (non-hydrogen) atoms. The summed E-state index contributed by atoms with van der Waals surface area (Å²) in [6.45, 7) is 4.04. The standard InChI is InChI=1S/C22H17NO2/c1-22(2)12-11-15-18(25-22)10-8-16-20(15)23-17-9-7-13-5-3-4-6-14(13)19(17)21(16)24/h3-12H,1-2H3,(H,23,24). The first-order valence-corrected chi connectivity index (χ1v) is 8.42. The Balaban J connectivity index is 1.94. The van der Waals surface area contributed by atoms with Crippen molar-refractivity contribution < 1.29 is 4.74 Å². The van der Waals surface area contributed by atoms with Gasteiger partial charge in [-0.3, -0.25) is 4.79 Å². The minimum atomic E-state index is -0.339. The van der Waals surface area contributed by atoms with Crippen LogP contribution in [0.5, 0.6) is 5.75 Å². The van der Waals surface area contributed by atoms with Gasteiger partial charge >= 0.3 is 0 Å². The summed E-state index contributed by atoms with van der Waals surface area (Å²) in [4.78, 5) is 16.7. The fraction of sp³-hybridized carbons (Fsp3) is 0.136. The molecule has 0 spiro atoms. The van der Waals surface area contributed by atoms with E-state index in [4.69, 9.17) is 4.74 Å². The molecule has 3 nitrogen and oxygen atoms in total. The van der Waals surface area contributed by atoms with Gasteiger partial charge in [0.05, 0.1) is 16.4 Å². The average molecular weight is 327 g/mol. The number of fused-ring (bicyclic) bond motifs is 6. The molecule has 0 saturated heterocycles. The van der Waals surface area contributed by atoms with Crippen LogP contribution in [-0.2, 0) is 0 Å². The first-order chi connectivity index (χ1) is 12.0. The van der Waals surface area contributed by atoms with Gasteiger partial charge in [-0.1, -0.05) is 30.3 Å². The van der Waals surface area contributed by atoms with Crippen LogP contribution in [0.2, 0.25) is 0 Å². The predicted molar refractivity (Wildman–Crippen MR) is 103 cm³/mol. The van der Waals surface area contributed by atoms with Gasteiger partial charge in [-0.25, -0.2) is 0 Å². The number of benzene rings is 3. The number of aromatic nitrogens is 1. The second-order valence-electron chi connectivity index (χ2n) is 7.10. The molecule has 1 N–H and O–H groups in total. The number of ether oxygens (including phenoxy) is 1. The molecule has 0 fully saturated rings. The fourth-order valence-corrected chi connectivity index (χ4v) is 3.67. The van der Waals surface area contributed by atoms with Crippen molar-refractivity contribution in [2.24, 2.45) is 0 Å². The predicted octanol–water partition coefficient (Wildman–Crippen LogP) is 5.02. The van der Waals surface area contributed by atoms with Gasteiger partial charge < -0.3 is 9.72 Å². The number of rotatable bonds is 0. The van der Waals surface area contributed by atoms with E-state index in [1.54, 1.807) is 0 Å². The molecular formula is C22H17NO2. The molecule has 0 radical (unpaired) electrons. The van der Waals surface area contributed by atoms with Gasteiger partial charge in [-0.15, -0.1) is 0 Å².